The fraction of sp³-hybridized carbons (Fsp3) is 0.650. The molecule has 1 heterocycles. The largest absolute Gasteiger partial charge is 0.341 e. The molecule has 0 aromatic heterocycles. The van der Waals surface area contributed by atoms with Gasteiger partial charge in [0, 0.05) is 13.1 Å². The van der Waals surface area contributed by atoms with Gasteiger partial charge in [-0.2, -0.15) is 0 Å². The van der Waals surface area contributed by atoms with Crippen LogP contribution in [0.4, 0.5) is 0 Å². The van der Waals surface area contributed by atoms with Gasteiger partial charge in [-0.1, -0.05) is 56.0 Å². The Labute approximate surface area is 140 Å². The molecule has 0 spiro atoms. The molecule has 1 atom stereocenters. The highest BCUT2D eigenvalue weighted by atomic mass is 16.2. The maximum Gasteiger partial charge on any atom is 0.244 e. The molecule has 1 saturated heterocycles. The monoisotopic (exact) mass is 314 g/mol. The summed E-state index contributed by atoms with van der Waals surface area (Å²) in [6.45, 7) is 2.09. The fourth-order valence-electron chi connectivity index (χ4n) is 4.16. The van der Waals surface area contributed by atoms with Crippen molar-refractivity contribution in [1.29, 1.82) is 0 Å². The van der Waals surface area contributed by atoms with Crippen LogP contribution in [-0.4, -0.2) is 41.9 Å². The van der Waals surface area contributed by atoms with Crippen LogP contribution in [0.15, 0.2) is 30.3 Å². The van der Waals surface area contributed by atoms with Crippen LogP contribution in [0.1, 0.15) is 63.0 Å². The first-order chi connectivity index (χ1) is 11.3. The molecule has 2 fully saturated rings. The van der Waals surface area contributed by atoms with Gasteiger partial charge in [0.25, 0.3) is 0 Å². The Morgan fingerprint density at radius 3 is 2.22 bits per heavy atom. The first-order valence-corrected chi connectivity index (χ1v) is 9.33. The molecule has 3 heteroatoms. The van der Waals surface area contributed by atoms with Gasteiger partial charge in [-0.05, 0) is 44.3 Å². The van der Waals surface area contributed by atoms with Crippen LogP contribution in [0.25, 0.3) is 0 Å². The number of carbonyl (C=O) groups excluding carboxylic acids is 1. The van der Waals surface area contributed by atoms with Gasteiger partial charge in [-0.3, -0.25) is 9.69 Å². The minimum Gasteiger partial charge on any atom is -0.341 e. The Morgan fingerprint density at radius 2 is 1.61 bits per heavy atom. The summed E-state index contributed by atoms with van der Waals surface area (Å²) >= 11 is 0. The second-order valence-electron chi connectivity index (χ2n) is 7.15. The summed E-state index contributed by atoms with van der Waals surface area (Å²) in [5, 5.41) is 0. The topological polar surface area (TPSA) is 23.6 Å². The quantitative estimate of drug-likeness (QED) is 0.784. The van der Waals surface area contributed by atoms with Crippen LogP contribution >= 0.6 is 0 Å². The molecule has 1 aliphatic carbocycles. The lowest BCUT2D eigenvalue weighted by Gasteiger charge is -2.34. The zero-order valence-corrected chi connectivity index (χ0v) is 14.4. The van der Waals surface area contributed by atoms with Crippen molar-refractivity contribution in [3.05, 3.63) is 35.9 Å². The summed E-state index contributed by atoms with van der Waals surface area (Å²) in [4.78, 5) is 17.8. The first kappa shape index (κ1) is 16.5. The molecular weight excluding hydrogens is 284 g/mol. The summed E-state index contributed by atoms with van der Waals surface area (Å²) in [5.74, 6) is 0.296. The van der Waals surface area contributed by atoms with Gasteiger partial charge in [0.05, 0.1) is 0 Å². The molecule has 0 radical (unpaired) electrons. The van der Waals surface area contributed by atoms with E-state index in [1.54, 1.807) is 0 Å². The molecule has 1 aliphatic heterocycles. The van der Waals surface area contributed by atoms with E-state index in [1.165, 1.54) is 51.4 Å². The van der Waals surface area contributed by atoms with Crippen molar-refractivity contribution in [2.24, 2.45) is 0 Å². The van der Waals surface area contributed by atoms with E-state index >= 15 is 0 Å². The number of likely N-dealkylation sites (N-methyl/N-ethyl adjacent to an activating group) is 1. The zero-order chi connectivity index (χ0) is 16.1. The number of amides is 1. The van der Waals surface area contributed by atoms with Crippen LogP contribution < -0.4 is 0 Å². The van der Waals surface area contributed by atoms with Crippen LogP contribution in [-0.2, 0) is 4.79 Å². The molecule has 126 valence electrons. The third kappa shape index (κ3) is 3.95. The minimum atomic E-state index is -0.0908. The summed E-state index contributed by atoms with van der Waals surface area (Å²) in [5.41, 5.74) is 1.15. The Hall–Kier alpha value is -1.35. The lowest BCUT2D eigenvalue weighted by molar-refractivity contribution is -0.138. The van der Waals surface area contributed by atoms with Crippen molar-refractivity contribution in [3.63, 3.8) is 0 Å². The molecular formula is C20H30N2O. The second-order valence-corrected chi connectivity index (χ2v) is 7.15. The predicted octanol–water partition coefficient (Wildman–Crippen LogP) is 4.00. The molecule has 3 rings (SSSR count). The predicted molar refractivity (Wildman–Crippen MR) is 94.3 cm³/mol. The van der Waals surface area contributed by atoms with E-state index in [0.29, 0.717) is 11.9 Å². The maximum absolute atomic E-state index is 13.3. The molecule has 1 saturated carbocycles. The number of rotatable bonds is 4. The molecule has 23 heavy (non-hydrogen) atoms. The summed E-state index contributed by atoms with van der Waals surface area (Å²) in [6, 6.07) is 10.7. The van der Waals surface area contributed by atoms with E-state index in [0.717, 1.165) is 18.7 Å². The van der Waals surface area contributed by atoms with E-state index in [4.69, 9.17) is 0 Å². The molecule has 0 N–H and O–H groups in total. The van der Waals surface area contributed by atoms with Gasteiger partial charge in [0.15, 0.2) is 0 Å². The van der Waals surface area contributed by atoms with Crippen LogP contribution in [0.3, 0.4) is 0 Å². The summed E-state index contributed by atoms with van der Waals surface area (Å²) < 4.78 is 0. The number of benzene rings is 1. The molecule has 2 aliphatic rings. The van der Waals surface area contributed by atoms with Crippen molar-refractivity contribution in [2.75, 3.05) is 20.1 Å². The third-order valence-electron chi connectivity index (χ3n) is 5.58. The van der Waals surface area contributed by atoms with Crippen LogP contribution in [0.5, 0.6) is 0 Å². The SMILES string of the molecule is CN(C(=O)C(c1ccccc1)N1CCCC1)C1CCCCCC1. The standard InChI is InChI=1S/C20H30N2O/c1-21(18-13-7-2-3-8-14-18)20(23)19(22-15-9-10-16-22)17-11-5-4-6-12-17/h4-6,11-12,18-19H,2-3,7-10,13-16H2,1H3. The fourth-order valence-corrected chi connectivity index (χ4v) is 4.16. The summed E-state index contributed by atoms with van der Waals surface area (Å²) in [6.07, 6.45) is 9.95. The Bertz CT molecular complexity index is 488. The van der Waals surface area contributed by atoms with Gasteiger partial charge in [-0.25, -0.2) is 0 Å². The van der Waals surface area contributed by atoms with Gasteiger partial charge in [0.1, 0.15) is 6.04 Å². The van der Waals surface area contributed by atoms with Gasteiger partial charge < -0.3 is 4.90 Å². The van der Waals surface area contributed by atoms with Crippen LogP contribution in [0, 0.1) is 0 Å². The third-order valence-corrected chi connectivity index (χ3v) is 5.58. The van der Waals surface area contributed by atoms with E-state index in [9.17, 15) is 4.79 Å². The van der Waals surface area contributed by atoms with Crippen molar-refractivity contribution in [3.8, 4) is 0 Å². The lowest BCUT2D eigenvalue weighted by atomic mass is 10.0. The zero-order valence-electron chi connectivity index (χ0n) is 14.4. The van der Waals surface area contributed by atoms with Gasteiger partial charge in [0.2, 0.25) is 5.91 Å². The highest BCUT2D eigenvalue weighted by Gasteiger charge is 2.33. The smallest absolute Gasteiger partial charge is 0.244 e. The van der Waals surface area contributed by atoms with Crippen molar-refractivity contribution < 1.29 is 4.79 Å². The Kier molecular flexibility index (Phi) is 5.71. The number of nitrogens with zero attached hydrogens (tertiary/aromatic N) is 2. The average Bonchev–Trinajstić information content (AvgIpc) is 2.96. The number of likely N-dealkylation sites (tertiary alicyclic amines) is 1. The average molecular weight is 314 g/mol. The maximum atomic E-state index is 13.3. The van der Waals surface area contributed by atoms with Crippen molar-refractivity contribution >= 4 is 5.91 Å². The molecule has 1 amide bonds. The number of hydrogen-bond acceptors (Lipinski definition) is 2. The van der Waals surface area contributed by atoms with Crippen molar-refractivity contribution in [1.82, 2.24) is 9.80 Å². The van der Waals surface area contributed by atoms with Crippen LogP contribution in [0.2, 0.25) is 0 Å². The minimum absolute atomic E-state index is 0.0908. The van der Waals surface area contributed by atoms with Gasteiger partial charge >= 0.3 is 0 Å². The second kappa shape index (κ2) is 7.96. The molecule has 3 nitrogen and oxygen atoms in total. The molecule has 1 aromatic carbocycles. The molecule has 0 bridgehead atoms. The Balaban J connectivity index is 1.79. The normalized spacial score (nSPS) is 21.8. The van der Waals surface area contributed by atoms with Gasteiger partial charge in [-0.15, -0.1) is 0 Å². The first-order valence-electron chi connectivity index (χ1n) is 9.33. The van der Waals surface area contributed by atoms with Crippen molar-refractivity contribution in [2.45, 2.75) is 63.5 Å². The van der Waals surface area contributed by atoms with E-state index < -0.39 is 0 Å². The Morgan fingerprint density at radius 1 is 1.00 bits per heavy atom. The number of carbonyl (C=O) groups is 1. The molecule has 1 unspecified atom stereocenters. The highest BCUT2D eigenvalue weighted by Crippen LogP contribution is 2.29. The number of hydrogen-bond donors (Lipinski definition) is 0. The van der Waals surface area contributed by atoms with E-state index in [1.807, 2.05) is 13.1 Å². The highest BCUT2D eigenvalue weighted by molar-refractivity contribution is 5.83. The van der Waals surface area contributed by atoms with E-state index in [2.05, 4.69) is 34.1 Å². The summed E-state index contributed by atoms with van der Waals surface area (Å²) in [7, 11) is 2.03. The molecule has 1 aromatic rings. The van der Waals surface area contributed by atoms with E-state index in [-0.39, 0.29) is 6.04 Å². The lowest BCUT2D eigenvalue weighted by Crippen LogP contribution is -2.44.